The zero-order valence-electron chi connectivity index (χ0n) is 9.26. The molecule has 0 aromatic heterocycles. The molecule has 1 rings (SSSR count). The quantitative estimate of drug-likeness (QED) is 0.777. The fourth-order valence-corrected chi connectivity index (χ4v) is 1.16. The molecule has 78 valence electrons. The van der Waals surface area contributed by atoms with Gasteiger partial charge in [0.2, 0.25) is 0 Å². The summed E-state index contributed by atoms with van der Waals surface area (Å²) in [5, 5.41) is 3.18. The third kappa shape index (κ3) is 2.72. The molecule has 0 spiro atoms. The molecule has 0 unspecified atom stereocenters. The van der Waals surface area contributed by atoms with Gasteiger partial charge in [0.05, 0.1) is 5.69 Å². The van der Waals surface area contributed by atoms with Gasteiger partial charge in [0.15, 0.2) is 0 Å². The standard InChI is InChI=1S/C12H18FN/c1-8(2)10(4)14-12-7-9(3)5-6-11(12)13/h5-8,10,14H,1-4H3/t10-/m0/s1. The molecule has 0 fully saturated rings. The summed E-state index contributed by atoms with van der Waals surface area (Å²) >= 11 is 0. The topological polar surface area (TPSA) is 12.0 Å². The average molecular weight is 195 g/mol. The van der Waals surface area contributed by atoms with Crippen LogP contribution in [0.15, 0.2) is 18.2 Å². The van der Waals surface area contributed by atoms with E-state index in [0.29, 0.717) is 11.6 Å². The molecule has 0 radical (unpaired) electrons. The summed E-state index contributed by atoms with van der Waals surface area (Å²) in [7, 11) is 0. The molecular weight excluding hydrogens is 177 g/mol. The van der Waals surface area contributed by atoms with Crippen LogP contribution in [0, 0.1) is 18.7 Å². The van der Waals surface area contributed by atoms with E-state index in [2.05, 4.69) is 26.1 Å². The fourth-order valence-electron chi connectivity index (χ4n) is 1.16. The first-order valence-electron chi connectivity index (χ1n) is 5.03. The van der Waals surface area contributed by atoms with E-state index < -0.39 is 0 Å². The Labute approximate surface area is 85.3 Å². The van der Waals surface area contributed by atoms with Crippen molar-refractivity contribution in [3.63, 3.8) is 0 Å². The molecular formula is C12H18FN. The summed E-state index contributed by atoms with van der Waals surface area (Å²) in [5.74, 6) is 0.318. The molecule has 1 aromatic carbocycles. The van der Waals surface area contributed by atoms with Gasteiger partial charge in [-0.1, -0.05) is 19.9 Å². The Kier molecular flexibility index (Phi) is 3.50. The maximum absolute atomic E-state index is 13.3. The Bertz CT molecular complexity index is 307. The SMILES string of the molecule is Cc1ccc(F)c(N[C@@H](C)C(C)C)c1. The zero-order chi connectivity index (χ0) is 10.7. The number of hydrogen-bond acceptors (Lipinski definition) is 1. The summed E-state index contributed by atoms with van der Waals surface area (Å²) in [6.07, 6.45) is 0. The van der Waals surface area contributed by atoms with Crippen LogP contribution in [0.4, 0.5) is 10.1 Å². The summed E-state index contributed by atoms with van der Waals surface area (Å²) in [5.41, 5.74) is 1.68. The maximum atomic E-state index is 13.3. The normalized spacial score (nSPS) is 13.0. The van der Waals surface area contributed by atoms with E-state index in [9.17, 15) is 4.39 Å². The summed E-state index contributed by atoms with van der Waals surface area (Å²) in [4.78, 5) is 0. The highest BCUT2D eigenvalue weighted by atomic mass is 19.1. The minimum absolute atomic E-state index is 0.178. The molecule has 0 aliphatic carbocycles. The fraction of sp³-hybridized carbons (Fsp3) is 0.500. The second kappa shape index (κ2) is 4.45. The lowest BCUT2D eigenvalue weighted by atomic mass is 10.1. The number of benzene rings is 1. The van der Waals surface area contributed by atoms with Crippen molar-refractivity contribution in [2.24, 2.45) is 5.92 Å². The van der Waals surface area contributed by atoms with E-state index in [-0.39, 0.29) is 11.9 Å². The highest BCUT2D eigenvalue weighted by molar-refractivity contribution is 5.47. The summed E-state index contributed by atoms with van der Waals surface area (Å²) in [6, 6.07) is 5.41. The predicted molar refractivity (Wildman–Crippen MR) is 59.1 cm³/mol. The molecule has 0 saturated carbocycles. The molecule has 0 heterocycles. The molecule has 0 amide bonds. The summed E-state index contributed by atoms with van der Waals surface area (Å²) in [6.45, 7) is 8.26. The highest BCUT2D eigenvalue weighted by Crippen LogP contribution is 2.18. The van der Waals surface area contributed by atoms with Gasteiger partial charge in [-0.3, -0.25) is 0 Å². The van der Waals surface area contributed by atoms with E-state index in [1.54, 1.807) is 6.07 Å². The Balaban J connectivity index is 2.80. The second-order valence-corrected chi connectivity index (χ2v) is 4.16. The average Bonchev–Trinajstić information content (AvgIpc) is 2.11. The molecule has 0 saturated heterocycles. The number of nitrogens with one attached hydrogen (secondary N) is 1. The third-order valence-corrected chi connectivity index (χ3v) is 2.51. The zero-order valence-corrected chi connectivity index (χ0v) is 9.26. The van der Waals surface area contributed by atoms with Gasteiger partial charge in [-0.05, 0) is 37.5 Å². The van der Waals surface area contributed by atoms with Crippen molar-refractivity contribution in [1.82, 2.24) is 0 Å². The monoisotopic (exact) mass is 195 g/mol. The number of halogens is 1. The van der Waals surface area contributed by atoms with Crippen LogP contribution in [0.3, 0.4) is 0 Å². The van der Waals surface area contributed by atoms with Gasteiger partial charge in [-0.2, -0.15) is 0 Å². The smallest absolute Gasteiger partial charge is 0.146 e. The number of hydrogen-bond donors (Lipinski definition) is 1. The van der Waals surface area contributed by atoms with Gasteiger partial charge in [0.1, 0.15) is 5.82 Å². The first-order valence-corrected chi connectivity index (χ1v) is 5.03. The second-order valence-electron chi connectivity index (χ2n) is 4.16. The lowest BCUT2D eigenvalue weighted by Crippen LogP contribution is -2.22. The van der Waals surface area contributed by atoms with Gasteiger partial charge in [-0.25, -0.2) is 4.39 Å². The lowest BCUT2D eigenvalue weighted by molar-refractivity contribution is 0.552. The van der Waals surface area contributed by atoms with Crippen LogP contribution in [-0.2, 0) is 0 Å². The minimum atomic E-state index is -0.178. The van der Waals surface area contributed by atoms with Gasteiger partial charge >= 0.3 is 0 Å². The number of aryl methyl sites for hydroxylation is 1. The molecule has 0 bridgehead atoms. The molecule has 14 heavy (non-hydrogen) atoms. The highest BCUT2D eigenvalue weighted by Gasteiger charge is 2.09. The van der Waals surface area contributed by atoms with E-state index in [4.69, 9.17) is 0 Å². The molecule has 1 N–H and O–H groups in total. The van der Waals surface area contributed by atoms with Crippen molar-refractivity contribution < 1.29 is 4.39 Å². The van der Waals surface area contributed by atoms with Gasteiger partial charge in [-0.15, -0.1) is 0 Å². The van der Waals surface area contributed by atoms with E-state index >= 15 is 0 Å². The van der Waals surface area contributed by atoms with Crippen molar-refractivity contribution in [2.75, 3.05) is 5.32 Å². The van der Waals surface area contributed by atoms with Gasteiger partial charge < -0.3 is 5.32 Å². The van der Waals surface area contributed by atoms with Crippen molar-refractivity contribution in [3.8, 4) is 0 Å². The number of anilines is 1. The van der Waals surface area contributed by atoms with Crippen LogP contribution < -0.4 is 5.32 Å². The Morgan fingerprint density at radius 1 is 1.21 bits per heavy atom. The van der Waals surface area contributed by atoms with Crippen molar-refractivity contribution in [2.45, 2.75) is 33.7 Å². The van der Waals surface area contributed by atoms with Crippen molar-refractivity contribution in [1.29, 1.82) is 0 Å². The van der Waals surface area contributed by atoms with Crippen LogP contribution in [-0.4, -0.2) is 6.04 Å². The van der Waals surface area contributed by atoms with Gasteiger partial charge in [0.25, 0.3) is 0 Å². The Morgan fingerprint density at radius 3 is 2.43 bits per heavy atom. The molecule has 2 heteroatoms. The molecule has 1 atom stereocenters. The molecule has 0 aliphatic heterocycles. The Hall–Kier alpha value is -1.05. The van der Waals surface area contributed by atoms with Crippen LogP contribution >= 0.6 is 0 Å². The van der Waals surface area contributed by atoms with Crippen molar-refractivity contribution >= 4 is 5.69 Å². The molecule has 1 aromatic rings. The van der Waals surface area contributed by atoms with Gasteiger partial charge in [0, 0.05) is 6.04 Å². The van der Waals surface area contributed by atoms with Crippen LogP contribution in [0.2, 0.25) is 0 Å². The summed E-state index contributed by atoms with van der Waals surface area (Å²) < 4.78 is 13.3. The lowest BCUT2D eigenvalue weighted by Gasteiger charge is -2.19. The van der Waals surface area contributed by atoms with E-state index in [0.717, 1.165) is 5.56 Å². The third-order valence-electron chi connectivity index (χ3n) is 2.51. The van der Waals surface area contributed by atoms with Crippen molar-refractivity contribution in [3.05, 3.63) is 29.6 Å². The first-order chi connectivity index (χ1) is 6.50. The van der Waals surface area contributed by atoms with Crippen LogP contribution in [0.1, 0.15) is 26.3 Å². The van der Waals surface area contributed by atoms with E-state index in [1.807, 2.05) is 13.0 Å². The maximum Gasteiger partial charge on any atom is 0.146 e. The number of rotatable bonds is 3. The Morgan fingerprint density at radius 2 is 1.86 bits per heavy atom. The molecule has 1 nitrogen and oxygen atoms in total. The largest absolute Gasteiger partial charge is 0.380 e. The minimum Gasteiger partial charge on any atom is -0.380 e. The first kappa shape index (κ1) is 11.0. The van der Waals surface area contributed by atoms with E-state index in [1.165, 1.54) is 6.07 Å². The van der Waals surface area contributed by atoms with Crippen LogP contribution in [0.25, 0.3) is 0 Å². The molecule has 0 aliphatic rings. The predicted octanol–water partition coefficient (Wildman–Crippen LogP) is 3.59. The van der Waals surface area contributed by atoms with Crippen LogP contribution in [0.5, 0.6) is 0 Å².